The number of hydrogen-bond acceptors (Lipinski definition) is 2. The number of carbonyl (C=O) groups is 1. The van der Waals surface area contributed by atoms with E-state index in [1.54, 1.807) is 0 Å². The summed E-state index contributed by atoms with van der Waals surface area (Å²) >= 11 is 0. The first-order chi connectivity index (χ1) is 12.8. The quantitative estimate of drug-likeness (QED) is 0.446. The van der Waals surface area contributed by atoms with Crippen LogP contribution in [0.5, 0.6) is 0 Å². The predicted molar refractivity (Wildman–Crippen MR) is 103 cm³/mol. The smallest absolute Gasteiger partial charge is 0.355 e. The molecule has 0 aliphatic heterocycles. The van der Waals surface area contributed by atoms with Gasteiger partial charge in [-0.25, -0.2) is 4.79 Å². The van der Waals surface area contributed by atoms with Gasteiger partial charge in [-0.1, -0.05) is 48.5 Å². The normalized spacial score (nSPS) is 11.4. The molecule has 0 atom stereocenters. The molecule has 5 aromatic rings. The molecule has 126 valence electrons. The van der Waals surface area contributed by atoms with Gasteiger partial charge in [-0.2, -0.15) is 0 Å². The molecule has 0 radical (unpaired) electrons. The summed E-state index contributed by atoms with van der Waals surface area (Å²) in [5.41, 5.74) is 4.53. The maximum Gasteiger partial charge on any atom is 0.355 e. The molecule has 0 unspecified atom stereocenters. The number of aromatic amines is 2. The summed E-state index contributed by atoms with van der Waals surface area (Å²) in [5, 5.41) is 3.29. The van der Waals surface area contributed by atoms with Gasteiger partial charge in [0.05, 0.1) is 0 Å². The molecular formula is C22H16N2O2. The summed E-state index contributed by atoms with van der Waals surface area (Å²) in [6, 6.07) is 23.9. The van der Waals surface area contributed by atoms with Crippen molar-refractivity contribution in [2.45, 2.75) is 6.61 Å². The average molecular weight is 340 g/mol. The van der Waals surface area contributed by atoms with Crippen molar-refractivity contribution in [1.82, 2.24) is 9.97 Å². The van der Waals surface area contributed by atoms with Crippen molar-refractivity contribution in [2.75, 3.05) is 0 Å². The van der Waals surface area contributed by atoms with Gasteiger partial charge >= 0.3 is 5.97 Å². The molecule has 2 aromatic heterocycles. The van der Waals surface area contributed by atoms with Crippen molar-refractivity contribution in [3.05, 3.63) is 84.1 Å². The number of carbonyl (C=O) groups excluding carboxylic acids is 1. The zero-order valence-electron chi connectivity index (χ0n) is 14.0. The van der Waals surface area contributed by atoms with E-state index in [2.05, 4.69) is 34.2 Å². The molecule has 0 fully saturated rings. The van der Waals surface area contributed by atoms with Gasteiger partial charge < -0.3 is 14.7 Å². The van der Waals surface area contributed by atoms with Crippen LogP contribution in [-0.2, 0) is 11.3 Å². The van der Waals surface area contributed by atoms with Gasteiger partial charge in [0.25, 0.3) is 0 Å². The average Bonchev–Trinajstić information content (AvgIpc) is 3.25. The third-order valence-corrected chi connectivity index (χ3v) is 4.68. The minimum atomic E-state index is -0.349. The first kappa shape index (κ1) is 14.8. The molecule has 0 spiro atoms. The number of H-pyrrole nitrogens is 2. The van der Waals surface area contributed by atoms with Crippen LogP contribution >= 0.6 is 0 Å². The van der Waals surface area contributed by atoms with Crippen LogP contribution in [0.4, 0.5) is 0 Å². The second-order valence-corrected chi connectivity index (χ2v) is 6.40. The van der Waals surface area contributed by atoms with Crippen LogP contribution < -0.4 is 0 Å². The Morgan fingerprint density at radius 2 is 1.58 bits per heavy atom. The maximum atomic E-state index is 12.4. The largest absolute Gasteiger partial charge is 0.456 e. The van der Waals surface area contributed by atoms with E-state index >= 15 is 0 Å². The lowest BCUT2D eigenvalue weighted by Crippen LogP contribution is -2.05. The number of esters is 1. The highest BCUT2D eigenvalue weighted by atomic mass is 16.5. The molecule has 3 aromatic carbocycles. The Hall–Kier alpha value is -3.53. The molecule has 2 heterocycles. The van der Waals surface area contributed by atoms with E-state index in [0.717, 1.165) is 32.9 Å². The third kappa shape index (κ3) is 2.43. The Kier molecular flexibility index (Phi) is 3.28. The van der Waals surface area contributed by atoms with Crippen LogP contribution in [0.15, 0.2) is 72.8 Å². The van der Waals surface area contributed by atoms with Gasteiger partial charge in [0.2, 0.25) is 0 Å². The number of nitrogens with one attached hydrogen (secondary N) is 2. The molecule has 0 aliphatic rings. The summed E-state index contributed by atoms with van der Waals surface area (Å²) in [6.07, 6.45) is 0. The first-order valence-corrected chi connectivity index (χ1v) is 8.52. The number of hydrogen-bond donors (Lipinski definition) is 2. The minimum Gasteiger partial charge on any atom is -0.456 e. The molecule has 5 rings (SSSR count). The molecule has 0 bridgehead atoms. The zero-order valence-corrected chi connectivity index (χ0v) is 14.0. The van der Waals surface area contributed by atoms with Crippen LogP contribution in [0.3, 0.4) is 0 Å². The second-order valence-electron chi connectivity index (χ2n) is 6.40. The summed E-state index contributed by atoms with van der Waals surface area (Å²) in [7, 11) is 0. The molecule has 0 saturated heterocycles. The van der Waals surface area contributed by atoms with Crippen LogP contribution in [0.1, 0.15) is 16.1 Å². The Morgan fingerprint density at radius 3 is 2.46 bits per heavy atom. The fourth-order valence-electron chi connectivity index (χ4n) is 3.39. The summed E-state index contributed by atoms with van der Waals surface area (Å²) in [5.74, 6) is -0.349. The molecule has 26 heavy (non-hydrogen) atoms. The van der Waals surface area contributed by atoms with Gasteiger partial charge in [0, 0.05) is 32.7 Å². The van der Waals surface area contributed by atoms with E-state index < -0.39 is 0 Å². The monoisotopic (exact) mass is 340 g/mol. The van der Waals surface area contributed by atoms with E-state index in [1.165, 1.54) is 5.39 Å². The Bertz CT molecular complexity index is 1250. The third-order valence-electron chi connectivity index (χ3n) is 4.68. The zero-order chi connectivity index (χ0) is 17.5. The van der Waals surface area contributed by atoms with Crippen molar-refractivity contribution in [3.8, 4) is 0 Å². The molecule has 0 amide bonds. The minimum absolute atomic E-state index is 0.264. The Morgan fingerprint density at radius 1 is 0.769 bits per heavy atom. The molecule has 4 heteroatoms. The highest BCUT2D eigenvalue weighted by Crippen LogP contribution is 2.29. The van der Waals surface area contributed by atoms with Gasteiger partial charge in [0.15, 0.2) is 0 Å². The lowest BCUT2D eigenvalue weighted by Gasteiger charge is -2.02. The number of aromatic nitrogens is 2. The van der Waals surface area contributed by atoms with Crippen molar-refractivity contribution in [3.63, 3.8) is 0 Å². The van der Waals surface area contributed by atoms with E-state index in [4.69, 9.17) is 4.74 Å². The van der Waals surface area contributed by atoms with E-state index in [9.17, 15) is 4.79 Å². The maximum absolute atomic E-state index is 12.4. The molecular weight excluding hydrogens is 324 g/mol. The topological polar surface area (TPSA) is 57.9 Å². The van der Waals surface area contributed by atoms with Gasteiger partial charge in [-0.3, -0.25) is 0 Å². The van der Waals surface area contributed by atoms with Crippen LogP contribution in [0, 0.1) is 0 Å². The van der Waals surface area contributed by atoms with Crippen molar-refractivity contribution in [1.29, 1.82) is 0 Å². The number of ether oxygens (including phenoxy) is 1. The summed E-state index contributed by atoms with van der Waals surface area (Å²) < 4.78 is 5.41. The predicted octanol–water partition coefficient (Wildman–Crippen LogP) is 5.16. The van der Waals surface area contributed by atoms with Crippen LogP contribution in [-0.4, -0.2) is 15.9 Å². The van der Waals surface area contributed by atoms with Crippen molar-refractivity contribution < 1.29 is 9.53 Å². The number of benzene rings is 3. The summed E-state index contributed by atoms with van der Waals surface area (Å²) in [6.45, 7) is 0.264. The number of rotatable bonds is 3. The Labute approximate surface area is 149 Å². The standard InChI is InChI=1S/C22H16N2O2/c25-22(26-13-14-6-2-1-3-7-14)21-11-15-10-20-17(12-19(15)24-21)16-8-4-5-9-18(16)23-20/h1-12,23-24H,13H2. The van der Waals surface area contributed by atoms with E-state index in [1.807, 2.05) is 48.5 Å². The van der Waals surface area contributed by atoms with Crippen molar-refractivity contribution in [2.24, 2.45) is 0 Å². The van der Waals surface area contributed by atoms with Crippen molar-refractivity contribution >= 4 is 38.7 Å². The first-order valence-electron chi connectivity index (χ1n) is 8.52. The molecule has 4 nitrogen and oxygen atoms in total. The second kappa shape index (κ2) is 5.77. The van der Waals surface area contributed by atoms with Crippen LogP contribution in [0.2, 0.25) is 0 Å². The van der Waals surface area contributed by atoms with Gasteiger partial charge in [0.1, 0.15) is 12.3 Å². The number of fused-ring (bicyclic) bond motifs is 4. The van der Waals surface area contributed by atoms with Crippen LogP contribution in [0.25, 0.3) is 32.7 Å². The lowest BCUT2D eigenvalue weighted by atomic mass is 10.1. The molecule has 0 saturated carbocycles. The van der Waals surface area contributed by atoms with E-state index in [-0.39, 0.29) is 12.6 Å². The Balaban J connectivity index is 1.49. The lowest BCUT2D eigenvalue weighted by molar-refractivity contribution is 0.0467. The molecule has 2 N–H and O–H groups in total. The summed E-state index contributed by atoms with van der Waals surface area (Å²) in [4.78, 5) is 19.0. The van der Waals surface area contributed by atoms with Gasteiger partial charge in [-0.05, 0) is 29.8 Å². The SMILES string of the molecule is O=C(OCc1ccccc1)c1cc2cc3[nH]c4ccccc4c3cc2[nH]1. The highest BCUT2D eigenvalue weighted by Gasteiger charge is 2.13. The van der Waals surface area contributed by atoms with Gasteiger partial charge in [-0.15, -0.1) is 0 Å². The highest BCUT2D eigenvalue weighted by molar-refractivity contribution is 6.12. The number of para-hydroxylation sites is 1. The fraction of sp³-hybridized carbons (Fsp3) is 0.0455. The fourth-order valence-corrected chi connectivity index (χ4v) is 3.39. The molecule has 0 aliphatic carbocycles. The van der Waals surface area contributed by atoms with E-state index in [0.29, 0.717) is 5.69 Å².